The number of hydrogen-bond donors (Lipinski definition) is 1. The predicted octanol–water partition coefficient (Wildman–Crippen LogP) is 4.15. The third-order valence-corrected chi connectivity index (χ3v) is 3.47. The van der Waals surface area contributed by atoms with Crippen molar-refractivity contribution in [1.82, 2.24) is 5.32 Å². The highest BCUT2D eigenvalue weighted by atomic mass is 79.9. The molecule has 1 atom stereocenters. The number of rotatable bonds is 3. The van der Waals surface area contributed by atoms with Gasteiger partial charge in [-0.15, -0.1) is 0 Å². The molecule has 0 saturated carbocycles. The second-order valence-electron chi connectivity index (χ2n) is 4.66. The van der Waals surface area contributed by atoms with Gasteiger partial charge in [-0.1, -0.05) is 23.8 Å². The van der Waals surface area contributed by atoms with Crippen LogP contribution >= 0.6 is 15.9 Å². The van der Waals surface area contributed by atoms with Crippen LogP contribution in [0.25, 0.3) is 0 Å². The lowest BCUT2D eigenvalue weighted by Gasteiger charge is -2.16. The number of furan rings is 1. The van der Waals surface area contributed by atoms with Crippen molar-refractivity contribution in [3.63, 3.8) is 0 Å². The van der Waals surface area contributed by atoms with Crippen LogP contribution in [-0.2, 0) is 0 Å². The Morgan fingerprint density at radius 2 is 2.00 bits per heavy atom. The topological polar surface area (TPSA) is 42.2 Å². The summed E-state index contributed by atoms with van der Waals surface area (Å²) in [7, 11) is 0. The Labute approximate surface area is 121 Å². The van der Waals surface area contributed by atoms with Crippen molar-refractivity contribution in [2.45, 2.75) is 26.8 Å². The Kier molecular flexibility index (Phi) is 4.10. The molecule has 3 nitrogen and oxygen atoms in total. The summed E-state index contributed by atoms with van der Waals surface area (Å²) >= 11 is 3.19. The van der Waals surface area contributed by atoms with Gasteiger partial charge in [-0.25, -0.2) is 0 Å². The molecule has 0 saturated heterocycles. The number of carbonyl (C=O) groups excluding carboxylic acids is 1. The summed E-state index contributed by atoms with van der Waals surface area (Å²) in [5.74, 6) is 0.100. The van der Waals surface area contributed by atoms with Crippen LogP contribution in [0.15, 0.2) is 39.4 Å². The SMILES string of the molecule is Cc1ccc(C)c([C@@H](C)NC(=O)c2ccc(Br)o2)c1. The number of nitrogens with one attached hydrogen (secondary N) is 1. The molecule has 0 bridgehead atoms. The fourth-order valence-electron chi connectivity index (χ4n) is 2.01. The second kappa shape index (κ2) is 5.61. The van der Waals surface area contributed by atoms with Crippen LogP contribution in [0.1, 0.15) is 40.2 Å². The summed E-state index contributed by atoms with van der Waals surface area (Å²) in [5.41, 5.74) is 3.47. The fraction of sp³-hybridized carbons (Fsp3) is 0.267. The lowest BCUT2D eigenvalue weighted by Crippen LogP contribution is -2.26. The lowest BCUT2D eigenvalue weighted by molar-refractivity contribution is 0.0910. The molecule has 0 aliphatic heterocycles. The average Bonchev–Trinajstić information content (AvgIpc) is 2.79. The van der Waals surface area contributed by atoms with Crippen LogP contribution in [0.3, 0.4) is 0 Å². The first-order valence-electron chi connectivity index (χ1n) is 6.10. The molecule has 0 aliphatic rings. The zero-order chi connectivity index (χ0) is 14.0. The van der Waals surface area contributed by atoms with E-state index in [0.29, 0.717) is 10.4 Å². The van der Waals surface area contributed by atoms with Crippen molar-refractivity contribution in [3.8, 4) is 0 Å². The van der Waals surface area contributed by atoms with Gasteiger partial charge in [-0.05, 0) is 60.0 Å². The van der Waals surface area contributed by atoms with Crippen molar-refractivity contribution in [2.75, 3.05) is 0 Å². The van der Waals surface area contributed by atoms with Gasteiger partial charge in [0.1, 0.15) is 0 Å². The van der Waals surface area contributed by atoms with E-state index in [2.05, 4.69) is 39.4 Å². The number of amides is 1. The Hall–Kier alpha value is -1.55. The molecular weight excluding hydrogens is 306 g/mol. The molecule has 0 aliphatic carbocycles. The Balaban J connectivity index is 2.14. The van der Waals surface area contributed by atoms with E-state index in [9.17, 15) is 4.79 Å². The average molecular weight is 322 g/mol. The van der Waals surface area contributed by atoms with Gasteiger partial charge in [-0.3, -0.25) is 4.79 Å². The molecule has 0 fully saturated rings. The molecule has 0 radical (unpaired) electrons. The highest BCUT2D eigenvalue weighted by Crippen LogP contribution is 2.20. The standard InChI is InChI=1S/C15H16BrNO2/c1-9-4-5-10(2)12(8-9)11(3)17-15(18)13-6-7-14(16)19-13/h4-8,11H,1-3H3,(H,17,18)/t11-/m1/s1. The summed E-state index contributed by atoms with van der Waals surface area (Å²) in [6.07, 6.45) is 0. The number of hydrogen-bond acceptors (Lipinski definition) is 2. The molecule has 100 valence electrons. The van der Waals surface area contributed by atoms with Crippen molar-refractivity contribution < 1.29 is 9.21 Å². The number of carbonyl (C=O) groups is 1. The second-order valence-corrected chi connectivity index (χ2v) is 5.44. The molecule has 0 spiro atoms. The van der Waals surface area contributed by atoms with Crippen molar-refractivity contribution in [3.05, 3.63) is 57.5 Å². The third-order valence-electron chi connectivity index (χ3n) is 3.05. The van der Waals surface area contributed by atoms with Gasteiger partial charge < -0.3 is 9.73 Å². The van der Waals surface area contributed by atoms with Crippen molar-refractivity contribution in [2.24, 2.45) is 0 Å². The van der Waals surface area contributed by atoms with Gasteiger partial charge in [0.05, 0.1) is 6.04 Å². The van der Waals surface area contributed by atoms with Gasteiger partial charge in [0.15, 0.2) is 10.4 Å². The minimum absolute atomic E-state index is 0.0590. The Bertz CT molecular complexity index is 604. The molecule has 4 heteroatoms. The van der Waals surface area contributed by atoms with E-state index in [0.717, 1.165) is 5.56 Å². The predicted molar refractivity (Wildman–Crippen MR) is 78.2 cm³/mol. The summed E-state index contributed by atoms with van der Waals surface area (Å²) < 4.78 is 5.79. The van der Waals surface area contributed by atoms with Gasteiger partial charge >= 0.3 is 0 Å². The van der Waals surface area contributed by atoms with E-state index < -0.39 is 0 Å². The monoisotopic (exact) mass is 321 g/mol. The highest BCUT2D eigenvalue weighted by molar-refractivity contribution is 9.10. The molecule has 1 N–H and O–H groups in total. The number of halogens is 1. The van der Waals surface area contributed by atoms with E-state index in [1.54, 1.807) is 12.1 Å². The smallest absolute Gasteiger partial charge is 0.287 e. The number of benzene rings is 1. The lowest BCUT2D eigenvalue weighted by atomic mass is 10.00. The molecule has 2 aromatic rings. The fourth-order valence-corrected chi connectivity index (χ4v) is 2.31. The van der Waals surface area contributed by atoms with Gasteiger partial charge in [0, 0.05) is 0 Å². The summed E-state index contributed by atoms with van der Waals surface area (Å²) in [6.45, 7) is 6.06. The maximum atomic E-state index is 12.0. The zero-order valence-corrected chi connectivity index (χ0v) is 12.7. The van der Waals surface area contributed by atoms with E-state index >= 15 is 0 Å². The molecule has 1 amide bonds. The molecule has 1 aromatic carbocycles. The summed E-state index contributed by atoms with van der Waals surface area (Å²) in [5, 5.41) is 2.94. The first-order chi connectivity index (χ1) is 8.97. The van der Waals surface area contributed by atoms with Gasteiger partial charge in [0.2, 0.25) is 0 Å². The van der Waals surface area contributed by atoms with Crippen molar-refractivity contribution in [1.29, 1.82) is 0 Å². The zero-order valence-electron chi connectivity index (χ0n) is 11.2. The summed E-state index contributed by atoms with van der Waals surface area (Å²) in [6, 6.07) is 9.52. The Morgan fingerprint density at radius 3 is 2.63 bits per heavy atom. The van der Waals surface area contributed by atoms with Crippen LogP contribution in [0.2, 0.25) is 0 Å². The molecule has 1 heterocycles. The summed E-state index contributed by atoms with van der Waals surface area (Å²) in [4.78, 5) is 12.0. The minimum Gasteiger partial charge on any atom is -0.444 e. The maximum absolute atomic E-state index is 12.0. The minimum atomic E-state index is -0.209. The molecule has 0 unspecified atom stereocenters. The van der Waals surface area contributed by atoms with Crippen LogP contribution in [0.4, 0.5) is 0 Å². The third kappa shape index (κ3) is 3.26. The molecule has 19 heavy (non-hydrogen) atoms. The van der Waals surface area contributed by atoms with Gasteiger partial charge in [-0.2, -0.15) is 0 Å². The largest absolute Gasteiger partial charge is 0.444 e. The van der Waals surface area contributed by atoms with E-state index in [1.807, 2.05) is 20.8 Å². The van der Waals surface area contributed by atoms with Crippen LogP contribution < -0.4 is 5.32 Å². The highest BCUT2D eigenvalue weighted by Gasteiger charge is 2.15. The first kappa shape index (κ1) is 13.9. The maximum Gasteiger partial charge on any atom is 0.287 e. The molecule has 1 aromatic heterocycles. The molecular formula is C15H16BrNO2. The quantitative estimate of drug-likeness (QED) is 0.922. The van der Waals surface area contributed by atoms with Crippen LogP contribution in [0.5, 0.6) is 0 Å². The first-order valence-corrected chi connectivity index (χ1v) is 6.90. The van der Waals surface area contributed by atoms with E-state index in [-0.39, 0.29) is 11.9 Å². The normalized spacial score (nSPS) is 12.2. The van der Waals surface area contributed by atoms with Gasteiger partial charge in [0.25, 0.3) is 5.91 Å². The molecule has 2 rings (SSSR count). The van der Waals surface area contributed by atoms with E-state index in [1.165, 1.54) is 11.1 Å². The van der Waals surface area contributed by atoms with Crippen LogP contribution in [-0.4, -0.2) is 5.91 Å². The number of aryl methyl sites for hydroxylation is 2. The Morgan fingerprint density at radius 1 is 1.26 bits per heavy atom. The van der Waals surface area contributed by atoms with Crippen LogP contribution in [0, 0.1) is 13.8 Å². The van der Waals surface area contributed by atoms with E-state index in [4.69, 9.17) is 4.42 Å². The van der Waals surface area contributed by atoms with Crippen molar-refractivity contribution >= 4 is 21.8 Å².